The lowest BCUT2D eigenvalue weighted by molar-refractivity contribution is -0.193. The second-order valence-electron chi connectivity index (χ2n) is 11.9. The number of fused-ring (bicyclic) bond motifs is 5. The number of hydrogen-bond acceptors (Lipinski definition) is 6. The number of hydrogen-bond donors (Lipinski definition) is 3. The van der Waals surface area contributed by atoms with Crippen LogP contribution >= 0.6 is 0 Å². The maximum atomic E-state index is 13.1. The fraction of sp³-hybridized carbons (Fsp3) is 0.714. The molecule has 4 aliphatic carbocycles. The van der Waals surface area contributed by atoms with Gasteiger partial charge in [-0.05, 0) is 87.2 Å². The topological polar surface area (TPSA) is 104 Å². The van der Waals surface area contributed by atoms with E-state index in [9.17, 15) is 24.9 Å². The van der Waals surface area contributed by atoms with E-state index < -0.39 is 47.1 Å². The van der Waals surface area contributed by atoms with Gasteiger partial charge in [0.15, 0.2) is 5.78 Å². The van der Waals surface area contributed by atoms with Gasteiger partial charge in [-0.2, -0.15) is 0 Å². The Labute approximate surface area is 201 Å². The number of cyclic esters (lactones) is 1. The number of ketones is 1. The third kappa shape index (κ3) is 2.91. The molecule has 0 bridgehead atoms. The predicted molar refractivity (Wildman–Crippen MR) is 126 cm³/mol. The fourth-order valence-corrected chi connectivity index (χ4v) is 8.64. The van der Waals surface area contributed by atoms with Gasteiger partial charge in [-0.1, -0.05) is 31.6 Å². The van der Waals surface area contributed by atoms with Crippen molar-refractivity contribution in [1.29, 1.82) is 0 Å². The van der Waals surface area contributed by atoms with Crippen molar-refractivity contribution in [2.45, 2.75) is 84.0 Å². The Bertz CT molecular complexity index is 1010. The molecule has 0 amide bonds. The van der Waals surface area contributed by atoms with Crippen LogP contribution < -0.4 is 0 Å². The molecule has 0 unspecified atom stereocenters. The molecule has 0 saturated heterocycles. The van der Waals surface area contributed by atoms with E-state index in [0.29, 0.717) is 17.9 Å². The van der Waals surface area contributed by atoms with Crippen molar-refractivity contribution in [2.75, 3.05) is 6.61 Å². The summed E-state index contributed by atoms with van der Waals surface area (Å²) in [6.07, 6.45) is 9.01. The number of carbonyl (C=O) groups excluding carboxylic acids is 2. The number of rotatable bonds is 3. The Morgan fingerprint density at radius 3 is 2.59 bits per heavy atom. The van der Waals surface area contributed by atoms with Crippen LogP contribution in [0.15, 0.2) is 34.9 Å². The molecule has 2 saturated carbocycles. The maximum Gasteiger partial charge on any atom is 0.336 e. The summed E-state index contributed by atoms with van der Waals surface area (Å²) in [6, 6.07) is 0. The van der Waals surface area contributed by atoms with Crippen LogP contribution in [0.1, 0.15) is 66.2 Å². The van der Waals surface area contributed by atoms with E-state index >= 15 is 0 Å². The van der Waals surface area contributed by atoms with E-state index in [2.05, 4.69) is 19.9 Å². The second kappa shape index (κ2) is 7.87. The number of esters is 1. The van der Waals surface area contributed by atoms with Gasteiger partial charge in [0.25, 0.3) is 0 Å². The summed E-state index contributed by atoms with van der Waals surface area (Å²) < 4.78 is 5.62. The largest absolute Gasteiger partial charge is 0.455 e. The van der Waals surface area contributed by atoms with Crippen LogP contribution in [0.5, 0.6) is 0 Å². The number of aliphatic hydroxyl groups is 3. The molecule has 0 aromatic heterocycles. The van der Waals surface area contributed by atoms with Crippen molar-refractivity contribution in [3.63, 3.8) is 0 Å². The normalized spacial score (nSPS) is 46.9. The van der Waals surface area contributed by atoms with Gasteiger partial charge in [-0.15, -0.1) is 0 Å². The Balaban J connectivity index is 1.46. The molecule has 6 heteroatoms. The smallest absolute Gasteiger partial charge is 0.336 e. The zero-order valence-electron chi connectivity index (χ0n) is 20.7. The summed E-state index contributed by atoms with van der Waals surface area (Å²) in [5, 5.41) is 32.7. The highest BCUT2D eigenvalue weighted by Gasteiger charge is 2.67. The van der Waals surface area contributed by atoms with Gasteiger partial charge in [-0.3, -0.25) is 4.79 Å². The second-order valence-corrected chi connectivity index (χ2v) is 11.9. The molecule has 1 aliphatic heterocycles. The summed E-state index contributed by atoms with van der Waals surface area (Å²) >= 11 is 0. The van der Waals surface area contributed by atoms with Gasteiger partial charge in [0.1, 0.15) is 12.2 Å². The number of aliphatic hydroxyl groups excluding tert-OH is 2. The van der Waals surface area contributed by atoms with Crippen molar-refractivity contribution >= 4 is 11.8 Å². The molecule has 0 aromatic rings. The summed E-state index contributed by atoms with van der Waals surface area (Å²) in [5.74, 6) is -0.0208. The summed E-state index contributed by atoms with van der Waals surface area (Å²) in [6.45, 7) is 7.35. The highest BCUT2D eigenvalue weighted by atomic mass is 16.6. The summed E-state index contributed by atoms with van der Waals surface area (Å²) in [7, 11) is 0. The average Bonchev–Trinajstić information content (AvgIpc) is 3.09. The minimum Gasteiger partial charge on any atom is -0.455 e. The molecule has 5 aliphatic rings. The van der Waals surface area contributed by atoms with Gasteiger partial charge in [-0.25, -0.2) is 4.79 Å². The Morgan fingerprint density at radius 1 is 1.18 bits per heavy atom. The van der Waals surface area contributed by atoms with Crippen molar-refractivity contribution in [2.24, 2.45) is 34.5 Å². The van der Waals surface area contributed by atoms with E-state index in [1.54, 1.807) is 13.0 Å². The molecule has 9 atom stereocenters. The lowest BCUT2D eigenvalue weighted by Crippen LogP contribution is -2.60. The first-order chi connectivity index (χ1) is 16.0. The molecule has 0 aromatic carbocycles. The number of ether oxygens (including phenoxy) is 1. The molecule has 2 fully saturated rings. The summed E-state index contributed by atoms with van der Waals surface area (Å²) in [5.41, 5.74) is -0.169. The molecular formula is C28H38O6. The standard InChI is InChI=1S/C28H38O6/c1-15-19(14-29)25(32)34-24(23(15)31)16(2)28(33)13-11-20-18-9-8-17-6-5-7-22(30)27(17,4)21(18)10-12-26(20,28)3/h5,7-8,16,18,20-21,23-24,29,31,33H,6,9-14H2,1-4H3/t16-,18+,20+,21+,23+,24+,26+,27+,28+/m1/s1. The molecule has 0 radical (unpaired) electrons. The minimum atomic E-state index is -1.10. The van der Waals surface area contributed by atoms with Crippen LogP contribution in [0.3, 0.4) is 0 Å². The van der Waals surface area contributed by atoms with Crippen LogP contribution in [0.4, 0.5) is 0 Å². The van der Waals surface area contributed by atoms with Crippen molar-refractivity contribution in [3.8, 4) is 0 Å². The van der Waals surface area contributed by atoms with Crippen LogP contribution in [-0.2, 0) is 14.3 Å². The third-order valence-electron chi connectivity index (χ3n) is 10.9. The van der Waals surface area contributed by atoms with Gasteiger partial charge in [0, 0.05) is 5.92 Å². The molecule has 1 heterocycles. The quantitative estimate of drug-likeness (QED) is 0.432. The zero-order valence-corrected chi connectivity index (χ0v) is 20.7. The van der Waals surface area contributed by atoms with Gasteiger partial charge < -0.3 is 20.1 Å². The highest BCUT2D eigenvalue weighted by Crippen LogP contribution is 2.68. The van der Waals surface area contributed by atoms with E-state index in [1.165, 1.54) is 5.57 Å². The average molecular weight is 471 g/mol. The van der Waals surface area contributed by atoms with Crippen molar-refractivity contribution < 1.29 is 29.6 Å². The van der Waals surface area contributed by atoms with Crippen molar-refractivity contribution in [1.82, 2.24) is 0 Å². The van der Waals surface area contributed by atoms with Crippen LogP contribution in [-0.4, -0.2) is 51.5 Å². The van der Waals surface area contributed by atoms with E-state index in [0.717, 1.165) is 32.1 Å². The van der Waals surface area contributed by atoms with Gasteiger partial charge in [0.05, 0.1) is 23.2 Å². The Morgan fingerprint density at radius 2 is 1.88 bits per heavy atom. The molecule has 3 N–H and O–H groups in total. The fourth-order valence-electron chi connectivity index (χ4n) is 8.64. The first-order valence-electron chi connectivity index (χ1n) is 12.8. The Hall–Kier alpha value is -1.76. The third-order valence-corrected chi connectivity index (χ3v) is 10.9. The monoisotopic (exact) mass is 470 g/mol. The SMILES string of the molecule is CC1=C(CO)C(=O)O[C@@H]([C@@H](C)[C@@]2(O)CC[C@H]3[C@@H]4CC=C5CC=CC(=O)[C@]5(C)[C@H]4CC[C@@]32C)[C@H]1O. The number of carbonyl (C=O) groups is 2. The molecule has 186 valence electrons. The highest BCUT2D eigenvalue weighted by molar-refractivity contribution is 5.98. The molecule has 6 nitrogen and oxygen atoms in total. The first kappa shape index (κ1) is 24.0. The van der Waals surface area contributed by atoms with Gasteiger partial charge in [0.2, 0.25) is 0 Å². The zero-order chi connectivity index (χ0) is 24.6. The summed E-state index contributed by atoms with van der Waals surface area (Å²) in [4.78, 5) is 25.6. The molecule has 34 heavy (non-hydrogen) atoms. The van der Waals surface area contributed by atoms with Crippen LogP contribution in [0.2, 0.25) is 0 Å². The van der Waals surface area contributed by atoms with E-state index in [4.69, 9.17) is 4.74 Å². The predicted octanol–water partition coefficient (Wildman–Crippen LogP) is 3.26. The number of allylic oxidation sites excluding steroid dienone is 4. The van der Waals surface area contributed by atoms with E-state index in [1.807, 2.05) is 13.0 Å². The van der Waals surface area contributed by atoms with Crippen LogP contribution in [0, 0.1) is 34.5 Å². The lowest BCUT2D eigenvalue weighted by Gasteiger charge is -2.58. The van der Waals surface area contributed by atoms with E-state index in [-0.39, 0.29) is 23.2 Å². The lowest BCUT2D eigenvalue weighted by atomic mass is 9.46. The maximum absolute atomic E-state index is 13.1. The van der Waals surface area contributed by atoms with Crippen molar-refractivity contribution in [3.05, 3.63) is 34.9 Å². The van der Waals surface area contributed by atoms with Crippen LogP contribution in [0.25, 0.3) is 0 Å². The minimum absolute atomic E-state index is 0.100. The molecule has 0 spiro atoms. The Kier molecular flexibility index (Phi) is 5.55. The van der Waals surface area contributed by atoms with Gasteiger partial charge >= 0.3 is 5.97 Å². The first-order valence-corrected chi connectivity index (χ1v) is 12.8. The molecular weight excluding hydrogens is 432 g/mol. The molecule has 5 rings (SSSR count).